The number of thioether (sulfide) groups is 1. The number of phenols is 1. The van der Waals surface area contributed by atoms with E-state index in [1.54, 1.807) is 23.9 Å². The van der Waals surface area contributed by atoms with Gasteiger partial charge in [0, 0.05) is 26.4 Å². The average Bonchev–Trinajstić information content (AvgIpc) is 3.02. The van der Waals surface area contributed by atoms with Gasteiger partial charge in [-0.1, -0.05) is 39.3 Å². The standard InChI is InChI=1S/C38H59NO5S/c1-8-11-17-42-27(4)43-18-12-19-45-37(6,26-31(25-36(5,9-2)39-7)30-13-15-34(40)16-14-30)35(41)44-38(10-3)32-21-28-20-29(23-32)24-33(38)22-28/h13-16,27-29,31-33,40H,8-12,17-26H2,1-6H3. The minimum atomic E-state index is -0.792. The zero-order chi connectivity index (χ0) is 32.7. The maximum atomic E-state index is 14.7. The summed E-state index contributed by atoms with van der Waals surface area (Å²) in [6, 6.07) is 7.34. The van der Waals surface area contributed by atoms with Crippen LogP contribution < -0.4 is 0 Å². The monoisotopic (exact) mass is 641 g/mol. The molecule has 0 spiro atoms. The fourth-order valence-corrected chi connectivity index (χ4v) is 9.84. The van der Waals surface area contributed by atoms with Crippen LogP contribution in [0.2, 0.25) is 0 Å². The first-order valence-corrected chi connectivity index (χ1v) is 18.8. The number of rotatable bonds is 19. The molecule has 0 aliphatic heterocycles. The second-order valence-electron chi connectivity index (χ2n) is 14.8. The third-order valence-corrected chi connectivity index (χ3v) is 12.9. The van der Waals surface area contributed by atoms with E-state index in [0.29, 0.717) is 37.9 Å². The maximum absolute atomic E-state index is 14.7. The minimum absolute atomic E-state index is 0.0333. The van der Waals surface area contributed by atoms with Crippen LogP contribution in [0.3, 0.4) is 0 Å². The summed E-state index contributed by atoms with van der Waals surface area (Å²) in [7, 11) is 0. The molecule has 1 N–H and O–H groups in total. The van der Waals surface area contributed by atoms with Crippen LogP contribution in [0, 0.1) is 30.2 Å². The van der Waals surface area contributed by atoms with Crippen LogP contribution in [0.1, 0.15) is 130 Å². The van der Waals surface area contributed by atoms with E-state index in [-0.39, 0.29) is 29.5 Å². The summed E-state index contributed by atoms with van der Waals surface area (Å²) in [4.78, 5) is 18.7. The summed E-state index contributed by atoms with van der Waals surface area (Å²) in [5, 5.41) is 10.0. The average molecular weight is 642 g/mol. The van der Waals surface area contributed by atoms with Gasteiger partial charge in [0.2, 0.25) is 5.54 Å². The number of phenolic OH excluding ortho intramolecular Hbond substituents is 1. The lowest BCUT2D eigenvalue weighted by atomic mass is 9.49. The van der Waals surface area contributed by atoms with Crippen molar-refractivity contribution in [2.24, 2.45) is 23.7 Å². The fourth-order valence-electron chi connectivity index (χ4n) is 8.65. The molecule has 4 bridgehead atoms. The van der Waals surface area contributed by atoms with Crippen molar-refractivity contribution in [3.05, 3.63) is 41.2 Å². The van der Waals surface area contributed by atoms with Crippen LogP contribution >= 0.6 is 11.8 Å². The highest BCUT2D eigenvalue weighted by atomic mass is 32.2. The van der Waals surface area contributed by atoms with Gasteiger partial charge in [-0.2, -0.15) is 0 Å². The molecule has 5 rings (SSSR count). The molecule has 0 saturated heterocycles. The van der Waals surface area contributed by atoms with Crippen molar-refractivity contribution in [2.75, 3.05) is 19.0 Å². The van der Waals surface area contributed by atoms with Crippen molar-refractivity contribution in [1.29, 1.82) is 0 Å². The molecule has 4 unspecified atom stereocenters. The summed E-state index contributed by atoms with van der Waals surface area (Å²) in [5.41, 5.74) is 0.159. The SMILES string of the molecule is [C-]#[N+]C(C)(CC)CC(CC(C)(SCCCOC(C)OCCCC)C(=O)OC1(CC)C2CC3CC(C2)CC1C3)c1ccc(O)cc1. The quantitative estimate of drug-likeness (QED) is 0.0702. The summed E-state index contributed by atoms with van der Waals surface area (Å²) in [5.74, 6) is 3.41. The number of carbonyl (C=O) groups excluding carboxylic acids is 1. The van der Waals surface area contributed by atoms with Gasteiger partial charge in [-0.25, -0.2) is 6.57 Å². The molecule has 4 saturated carbocycles. The molecule has 1 aromatic rings. The van der Waals surface area contributed by atoms with Gasteiger partial charge in [-0.05, 0) is 125 Å². The Morgan fingerprint density at radius 2 is 1.60 bits per heavy atom. The Kier molecular flexibility index (Phi) is 12.7. The molecule has 4 aliphatic rings. The number of benzene rings is 1. The van der Waals surface area contributed by atoms with Crippen molar-refractivity contribution >= 4 is 17.7 Å². The summed E-state index contributed by atoms with van der Waals surface area (Å²) in [6.45, 7) is 21.8. The van der Waals surface area contributed by atoms with Gasteiger partial charge >= 0.3 is 5.97 Å². The number of unbranched alkanes of at least 4 members (excludes halogenated alkanes) is 1. The zero-order valence-corrected chi connectivity index (χ0v) is 29.6. The number of ether oxygens (including phenoxy) is 3. The van der Waals surface area contributed by atoms with Gasteiger partial charge in [0.1, 0.15) is 16.1 Å². The third kappa shape index (κ3) is 8.79. The molecule has 0 aromatic heterocycles. The highest BCUT2D eigenvalue weighted by Crippen LogP contribution is 2.61. The second-order valence-corrected chi connectivity index (χ2v) is 16.4. The molecule has 0 radical (unpaired) electrons. The van der Waals surface area contributed by atoms with Crippen molar-refractivity contribution in [3.8, 4) is 5.75 Å². The Labute approximate surface area is 277 Å². The molecule has 6 nitrogen and oxygen atoms in total. The Hall–Kier alpha value is -1.75. The minimum Gasteiger partial charge on any atom is -0.508 e. The van der Waals surface area contributed by atoms with Crippen LogP contribution in [0.15, 0.2) is 24.3 Å². The van der Waals surface area contributed by atoms with E-state index in [1.165, 1.54) is 32.1 Å². The molecule has 7 heteroatoms. The molecule has 4 fully saturated rings. The van der Waals surface area contributed by atoms with Gasteiger partial charge in [0.25, 0.3) is 0 Å². The van der Waals surface area contributed by atoms with Gasteiger partial charge in [-0.3, -0.25) is 4.79 Å². The van der Waals surface area contributed by atoms with Crippen molar-refractivity contribution < 1.29 is 24.1 Å². The molecule has 45 heavy (non-hydrogen) atoms. The van der Waals surface area contributed by atoms with E-state index in [9.17, 15) is 9.90 Å². The molecular formula is C38H59NO5S. The number of aromatic hydroxyl groups is 1. The van der Waals surface area contributed by atoms with E-state index in [1.807, 2.05) is 26.0 Å². The van der Waals surface area contributed by atoms with E-state index in [4.69, 9.17) is 20.8 Å². The van der Waals surface area contributed by atoms with Crippen LogP contribution in [-0.2, 0) is 19.0 Å². The van der Waals surface area contributed by atoms with Crippen LogP contribution in [0.5, 0.6) is 5.75 Å². The first-order chi connectivity index (χ1) is 21.5. The molecule has 0 heterocycles. The lowest BCUT2D eigenvalue weighted by Crippen LogP contribution is -2.60. The van der Waals surface area contributed by atoms with Crippen molar-refractivity contribution in [1.82, 2.24) is 0 Å². The van der Waals surface area contributed by atoms with Gasteiger partial charge < -0.3 is 24.2 Å². The van der Waals surface area contributed by atoms with Gasteiger partial charge in [-0.15, -0.1) is 11.8 Å². The molecule has 4 atom stereocenters. The summed E-state index contributed by atoms with van der Waals surface area (Å²) < 4.78 is 17.8. The normalized spacial score (nSPS) is 29.4. The zero-order valence-electron chi connectivity index (χ0n) is 28.8. The Balaban J connectivity index is 1.54. The van der Waals surface area contributed by atoms with Crippen LogP contribution in [0.4, 0.5) is 0 Å². The maximum Gasteiger partial charge on any atom is 0.322 e. The fraction of sp³-hybridized carbons (Fsp3) is 0.789. The number of nitrogens with zero attached hydrogens (tertiary/aromatic N) is 1. The molecular weight excluding hydrogens is 582 g/mol. The molecule has 1 aromatic carbocycles. The first-order valence-electron chi connectivity index (χ1n) is 17.8. The third-order valence-electron chi connectivity index (χ3n) is 11.4. The Morgan fingerprint density at radius 3 is 2.13 bits per heavy atom. The lowest BCUT2D eigenvalue weighted by molar-refractivity contribution is -0.212. The topological polar surface area (TPSA) is 69.4 Å². The highest BCUT2D eigenvalue weighted by Gasteiger charge is 2.59. The van der Waals surface area contributed by atoms with Crippen molar-refractivity contribution in [2.45, 2.75) is 147 Å². The van der Waals surface area contributed by atoms with Gasteiger partial charge in [0.05, 0.1) is 6.61 Å². The van der Waals surface area contributed by atoms with Crippen LogP contribution in [0.25, 0.3) is 4.85 Å². The van der Waals surface area contributed by atoms with E-state index >= 15 is 0 Å². The predicted molar refractivity (Wildman–Crippen MR) is 183 cm³/mol. The lowest BCUT2D eigenvalue weighted by Gasteiger charge is -2.60. The molecule has 252 valence electrons. The summed E-state index contributed by atoms with van der Waals surface area (Å²) in [6.07, 6.45) is 11.7. The molecule has 4 aliphatic carbocycles. The highest BCUT2D eigenvalue weighted by molar-refractivity contribution is 8.01. The predicted octanol–water partition coefficient (Wildman–Crippen LogP) is 9.55. The van der Waals surface area contributed by atoms with Crippen LogP contribution in [-0.4, -0.2) is 52.2 Å². The number of hydrogen-bond donors (Lipinski definition) is 1. The van der Waals surface area contributed by atoms with E-state index in [2.05, 4.69) is 32.5 Å². The largest absolute Gasteiger partial charge is 0.508 e. The van der Waals surface area contributed by atoms with E-state index in [0.717, 1.165) is 55.3 Å². The Bertz CT molecular complexity index is 1110. The van der Waals surface area contributed by atoms with E-state index < -0.39 is 10.3 Å². The van der Waals surface area contributed by atoms with Gasteiger partial charge in [0.15, 0.2) is 6.29 Å². The Morgan fingerprint density at radius 1 is 1.00 bits per heavy atom. The first kappa shape index (κ1) is 36.1. The number of carbonyl (C=O) groups is 1. The summed E-state index contributed by atoms with van der Waals surface area (Å²) >= 11 is 1.69. The van der Waals surface area contributed by atoms with Crippen molar-refractivity contribution in [3.63, 3.8) is 0 Å². The smallest absolute Gasteiger partial charge is 0.322 e. The number of hydrogen-bond acceptors (Lipinski definition) is 6. The number of esters is 1. The molecule has 0 amide bonds. The second kappa shape index (κ2) is 15.9.